The number of benzene rings is 1. The molecule has 0 aliphatic carbocycles. The topological polar surface area (TPSA) is 60.9 Å². The van der Waals surface area contributed by atoms with Crippen LogP contribution in [0.4, 0.5) is 0 Å². The Morgan fingerprint density at radius 2 is 1.61 bits per heavy atom. The first-order valence-electron chi connectivity index (χ1n) is 10.2. The fourth-order valence-corrected chi connectivity index (χ4v) is 5.47. The first-order chi connectivity index (χ1) is 13.1. The van der Waals surface area contributed by atoms with Crippen LogP contribution in [0, 0.1) is 5.92 Å². The molecule has 1 atom stereocenters. The van der Waals surface area contributed by atoms with Crippen LogP contribution >= 0.6 is 0 Å². The standard InChI is InChI=1S/C21H33N3O3S/c1-21(2,3)18-7-9-19(10-8-18)28(26,27)24-14-12-23(13-15-24)20(25)17-6-5-11-22(4)16-17/h7-10,17H,5-6,11-16H2,1-4H3/t17-/m0/s1. The molecule has 0 saturated carbocycles. The molecule has 0 aromatic heterocycles. The molecule has 2 aliphatic rings. The Bertz CT molecular complexity index is 791. The van der Waals surface area contributed by atoms with Gasteiger partial charge < -0.3 is 9.80 Å². The van der Waals surface area contributed by atoms with E-state index in [2.05, 4.69) is 32.7 Å². The second-order valence-corrected chi connectivity index (χ2v) is 11.0. The maximum atomic E-state index is 13.0. The van der Waals surface area contributed by atoms with Crippen LogP contribution < -0.4 is 0 Å². The van der Waals surface area contributed by atoms with Crippen LogP contribution in [0.1, 0.15) is 39.2 Å². The summed E-state index contributed by atoms with van der Waals surface area (Å²) in [5, 5.41) is 0. The summed E-state index contributed by atoms with van der Waals surface area (Å²) in [5.41, 5.74) is 1.10. The van der Waals surface area contributed by atoms with Crippen LogP contribution in [0.15, 0.2) is 29.2 Å². The highest BCUT2D eigenvalue weighted by atomic mass is 32.2. The average Bonchev–Trinajstić information content (AvgIpc) is 2.67. The minimum atomic E-state index is -3.52. The van der Waals surface area contributed by atoms with E-state index < -0.39 is 10.0 Å². The number of hydrogen-bond acceptors (Lipinski definition) is 4. The minimum Gasteiger partial charge on any atom is -0.340 e. The first kappa shape index (κ1) is 21.3. The predicted octanol–water partition coefficient (Wildman–Crippen LogP) is 2.16. The fraction of sp³-hybridized carbons (Fsp3) is 0.667. The Morgan fingerprint density at radius 1 is 1.00 bits per heavy atom. The molecule has 0 bridgehead atoms. The summed E-state index contributed by atoms with van der Waals surface area (Å²) in [6, 6.07) is 7.19. The first-order valence-corrected chi connectivity index (χ1v) is 11.6. The van der Waals surface area contributed by atoms with Gasteiger partial charge in [0.2, 0.25) is 15.9 Å². The van der Waals surface area contributed by atoms with E-state index >= 15 is 0 Å². The summed E-state index contributed by atoms with van der Waals surface area (Å²) in [6.45, 7) is 9.83. The highest BCUT2D eigenvalue weighted by molar-refractivity contribution is 7.89. The predicted molar refractivity (Wildman–Crippen MR) is 111 cm³/mol. The van der Waals surface area contributed by atoms with Crippen LogP contribution in [0.25, 0.3) is 0 Å². The molecule has 0 spiro atoms. The second kappa shape index (κ2) is 8.13. The number of amides is 1. The van der Waals surface area contributed by atoms with Crippen molar-refractivity contribution >= 4 is 15.9 Å². The summed E-state index contributed by atoms with van der Waals surface area (Å²) >= 11 is 0. The lowest BCUT2D eigenvalue weighted by Gasteiger charge is -2.37. The molecule has 28 heavy (non-hydrogen) atoms. The number of carbonyl (C=O) groups is 1. The Morgan fingerprint density at radius 3 is 2.14 bits per heavy atom. The number of rotatable bonds is 3. The molecule has 0 radical (unpaired) electrons. The van der Waals surface area contributed by atoms with E-state index in [4.69, 9.17) is 0 Å². The third-order valence-electron chi connectivity index (χ3n) is 5.88. The van der Waals surface area contributed by atoms with Gasteiger partial charge in [-0.3, -0.25) is 4.79 Å². The Balaban J connectivity index is 1.62. The van der Waals surface area contributed by atoms with E-state index in [0.29, 0.717) is 31.1 Å². The zero-order valence-electron chi connectivity index (χ0n) is 17.5. The van der Waals surface area contributed by atoms with Gasteiger partial charge >= 0.3 is 0 Å². The summed E-state index contributed by atoms with van der Waals surface area (Å²) in [6.07, 6.45) is 1.98. The number of likely N-dealkylation sites (tertiary alicyclic amines) is 1. The lowest BCUT2D eigenvalue weighted by Crippen LogP contribution is -2.53. The molecule has 0 unspecified atom stereocenters. The van der Waals surface area contributed by atoms with Gasteiger partial charge in [-0.1, -0.05) is 32.9 Å². The molecule has 2 saturated heterocycles. The summed E-state index contributed by atoms with van der Waals surface area (Å²) < 4.78 is 27.5. The summed E-state index contributed by atoms with van der Waals surface area (Å²) in [5.74, 6) is 0.227. The van der Waals surface area contributed by atoms with Crippen LogP contribution in [0.5, 0.6) is 0 Å². The lowest BCUT2D eigenvalue weighted by atomic mass is 9.87. The van der Waals surface area contributed by atoms with Crippen molar-refractivity contribution in [3.63, 3.8) is 0 Å². The highest BCUT2D eigenvalue weighted by Crippen LogP contribution is 2.25. The van der Waals surface area contributed by atoms with Crippen molar-refractivity contribution in [2.75, 3.05) is 46.3 Å². The van der Waals surface area contributed by atoms with Gasteiger partial charge in [-0.2, -0.15) is 4.31 Å². The van der Waals surface area contributed by atoms with Crippen LogP contribution in [0.3, 0.4) is 0 Å². The number of piperidine rings is 1. The summed E-state index contributed by atoms with van der Waals surface area (Å²) in [4.78, 5) is 17.2. The summed E-state index contributed by atoms with van der Waals surface area (Å²) in [7, 11) is -1.47. The van der Waals surface area contributed by atoms with Crippen LogP contribution in [-0.4, -0.2) is 74.7 Å². The second-order valence-electron chi connectivity index (χ2n) is 9.11. The maximum absolute atomic E-state index is 13.0. The molecule has 2 aliphatic heterocycles. The van der Waals surface area contributed by atoms with Crippen molar-refractivity contribution in [2.45, 2.75) is 43.9 Å². The lowest BCUT2D eigenvalue weighted by molar-refractivity contribution is -0.138. The molecule has 7 heteroatoms. The quantitative estimate of drug-likeness (QED) is 0.770. The Labute approximate surface area is 169 Å². The molecule has 6 nitrogen and oxygen atoms in total. The molecule has 2 fully saturated rings. The molecular weight excluding hydrogens is 374 g/mol. The molecule has 2 heterocycles. The van der Waals surface area contributed by atoms with Gasteiger partial charge in [0.25, 0.3) is 0 Å². The van der Waals surface area contributed by atoms with Crippen molar-refractivity contribution in [1.29, 1.82) is 0 Å². The molecular formula is C21H33N3O3S. The number of carbonyl (C=O) groups excluding carboxylic acids is 1. The fourth-order valence-electron chi connectivity index (χ4n) is 4.05. The molecule has 3 rings (SSSR count). The van der Waals surface area contributed by atoms with E-state index in [0.717, 1.165) is 31.5 Å². The largest absolute Gasteiger partial charge is 0.340 e. The molecule has 1 aromatic rings. The van der Waals surface area contributed by atoms with E-state index in [9.17, 15) is 13.2 Å². The van der Waals surface area contributed by atoms with E-state index in [1.807, 2.05) is 17.0 Å². The van der Waals surface area contributed by atoms with Gasteiger partial charge in [-0.15, -0.1) is 0 Å². The minimum absolute atomic E-state index is 0.0124. The van der Waals surface area contributed by atoms with Gasteiger partial charge in [0.15, 0.2) is 0 Å². The average molecular weight is 408 g/mol. The Hall–Kier alpha value is -1.44. The molecule has 0 N–H and O–H groups in total. The van der Waals surface area contributed by atoms with Crippen molar-refractivity contribution in [1.82, 2.24) is 14.1 Å². The number of nitrogens with zero attached hydrogens (tertiary/aromatic N) is 3. The monoisotopic (exact) mass is 407 g/mol. The maximum Gasteiger partial charge on any atom is 0.243 e. The Kier molecular flexibility index (Phi) is 6.17. The molecule has 1 amide bonds. The SMILES string of the molecule is CN1CCC[C@H](C(=O)N2CCN(S(=O)(=O)c3ccc(C(C)(C)C)cc3)CC2)C1. The molecule has 156 valence electrons. The van der Waals surface area contributed by atoms with Gasteiger partial charge in [-0.25, -0.2) is 8.42 Å². The number of piperazine rings is 1. The van der Waals surface area contributed by atoms with Crippen molar-refractivity contribution in [2.24, 2.45) is 5.92 Å². The third-order valence-corrected chi connectivity index (χ3v) is 7.80. The van der Waals surface area contributed by atoms with Crippen molar-refractivity contribution in [3.05, 3.63) is 29.8 Å². The van der Waals surface area contributed by atoms with Crippen molar-refractivity contribution < 1.29 is 13.2 Å². The van der Waals surface area contributed by atoms with Gasteiger partial charge in [0.05, 0.1) is 10.8 Å². The number of hydrogen-bond donors (Lipinski definition) is 0. The van der Waals surface area contributed by atoms with Gasteiger partial charge in [0, 0.05) is 32.7 Å². The normalized spacial score (nSPS) is 23.0. The third kappa shape index (κ3) is 4.58. The van der Waals surface area contributed by atoms with Crippen LogP contribution in [-0.2, 0) is 20.2 Å². The van der Waals surface area contributed by atoms with E-state index in [1.165, 1.54) is 4.31 Å². The smallest absolute Gasteiger partial charge is 0.243 e. The van der Waals surface area contributed by atoms with Gasteiger partial charge in [0.1, 0.15) is 0 Å². The van der Waals surface area contributed by atoms with Crippen LogP contribution in [0.2, 0.25) is 0 Å². The zero-order chi connectivity index (χ0) is 20.5. The van der Waals surface area contributed by atoms with Crippen molar-refractivity contribution in [3.8, 4) is 0 Å². The highest BCUT2D eigenvalue weighted by Gasteiger charge is 2.33. The van der Waals surface area contributed by atoms with E-state index in [-0.39, 0.29) is 17.2 Å². The number of sulfonamides is 1. The molecule has 1 aromatic carbocycles. The zero-order valence-corrected chi connectivity index (χ0v) is 18.3. The van der Waals surface area contributed by atoms with Gasteiger partial charge in [-0.05, 0) is 49.5 Å². The van der Waals surface area contributed by atoms with E-state index in [1.54, 1.807) is 12.1 Å².